The van der Waals surface area contributed by atoms with E-state index >= 15 is 0 Å². The minimum Gasteiger partial charge on any atom is -0.511 e. The summed E-state index contributed by atoms with van der Waals surface area (Å²) in [5.41, 5.74) is 10.7. The monoisotopic (exact) mass is 1190 g/mol. The van der Waals surface area contributed by atoms with Gasteiger partial charge in [-0.25, -0.2) is 0 Å². The minimum atomic E-state index is -0.705. The molecule has 392 valence electrons. The molecular weight excluding hydrogens is 1140 g/mol. The van der Waals surface area contributed by atoms with Crippen molar-refractivity contribution < 1.29 is 34.3 Å². The highest BCUT2D eigenvalue weighted by atomic mass is 79.9. The molecular formula is C62H54Br2Cl2N4O7. The Kier molecular flexibility index (Phi) is 22.0. The average Bonchev–Trinajstić information content (AvgIpc) is 3.46. The predicted octanol–water partition coefficient (Wildman–Crippen LogP) is 14.2. The van der Waals surface area contributed by atoms with Crippen molar-refractivity contribution in [2.24, 2.45) is 0 Å². The Morgan fingerprint density at radius 2 is 0.974 bits per heavy atom. The van der Waals surface area contributed by atoms with Gasteiger partial charge in [0.05, 0.1) is 52.6 Å². The first-order valence-electron chi connectivity index (χ1n) is 24.3. The van der Waals surface area contributed by atoms with Gasteiger partial charge in [0.1, 0.15) is 55.2 Å². The lowest BCUT2D eigenvalue weighted by Crippen LogP contribution is -2.33. The Bertz CT molecular complexity index is 3350. The number of nitrogens with one attached hydrogen (secondary N) is 2. The summed E-state index contributed by atoms with van der Waals surface area (Å²) in [7, 11) is 0. The van der Waals surface area contributed by atoms with Crippen LogP contribution < -0.4 is 29.6 Å². The summed E-state index contributed by atoms with van der Waals surface area (Å²) in [6, 6.07) is 57.5. The van der Waals surface area contributed by atoms with E-state index in [4.69, 9.17) is 47.3 Å². The van der Waals surface area contributed by atoms with Crippen molar-refractivity contribution in [2.45, 2.75) is 45.6 Å². The number of nitriles is 2. The minimum absolute atomic E-state index is 0.0307. The molecule has 0 aliphatic heterocycles. The molecule has 0 radical (unpaired) electrons. The fourth-order valence-corrected chi connectivity index (χ4v) is 9.60. The molecule has 8 rings (SSSR count). The number of hydrogen-bond donors (Lipinski definition) is 5. The molecule has 0 saturated carbocycles. The van der Waals surface area contributed by atoms with E-state index in [-0.39, 0.29) is 45.3 Å². The molecule has 8 aromatic carbocycles. The first-order chi connectivity index (χ1) is 37.5. The maximum atomic E-state index is 9.73. The van der Waals surface area contributed by atoms with Crippen LogP contribution >= 0.6 is 55.1 Å². The highest BCUT2D eigenvalue weighted by molar-refractivity contribution is 9.11. The van der Waals surface area contributed by atoms with Crippen LogP contribution in [-0.4, -0.2) is 41.1 Å². The molecule has 77 heavy (non-hydrogen) atoms. The molecule has 15 heteroatoms. The van der Waals surface area contributed by atoms with Gasteiger partial charge >= 0.3 is 0 Å². The molecule has 8 aromatic rings. The van der Waals surface area contributed by atoms with Crippen molar-refractivity contribution in [1.82, 2.24) is 10.6 Å². The Balaban J connectivity index is 0.000000224. The molecule has 1 atom stereocenters. The number of benzene rings is 8. The number of hydrogen-bond acceptors (Lipinski definition) is 11. The second-order valence-corrected chi connectivity index (χ2v) is 19.8. The number of nitrogens with zero attached hydrogens (tertiary/aromatic N) is 2. The quantitative estimate of drug-likeness (QED) is 0.0305. The van der Waals surface area contributed by atoms with E-state index in [1.54, 1.807) is 48.5 Å². The Morgan fingerprint density at radius 1 is 0.532 bits per heavy atom. The van der Waals surface area contributed by atoms with E-state index in [1.165, 1.54) is 0 Å². The van der Waals surface area contributed by atoms with Crippen molar-refractivity contribution in [3.63, 3.8) is 0 Å². The first-order valence-corrected chi connectivity index (χ1v) is 26.7. The van der Waals surface area contributed by atoms with E-state index in [0.29, 0.717) is 69.4 Å². The molecule has 0 aliphatic carbocycles. The standard InChI is InChI=1S/C32H28BrClN2O4.C30H26BrClN2O3/c1-21(38)29(18-37)36-17-26-14-28(34)31(15-30(26)39-19-23-8-5-7-22(13-23)16-35)40-20-25-11-6-12-27(32(25)33)24-9-3-2-4-10-24;31-30-24(10-5-11-26(30)23-8-2-1-3-9-23)20-37-29-16-28(25(15-27(29)32)18-34-12-13-35)36-19-22-7-4-6-21(14-22)17-33/h2-15,29,36-38H,1,17-20H2;1-11,14-16,34-35H,12-13,18-20H2/t29-;/m0./s1. The Labute approximate surface area is 475 Å². The fraction of sp³-hybridized carbons (Fsp3) is 0.161. The normalized spacial score (nSPS) is 11.1. The Hall–Kier alpha value is -7.14. The summed E-state index contributed by atoms with van der Waals surface area (Å²) in [4.78, 5) is 0. The van der Waals surface area contributed by atoms with Crippen molar-refractivity contribution in [2.75, 3.05) is 19.8 Å². The zero-order valence-corrected chi connectivity index (χ0v) is 46.4. The summed E-state index contributed by atoms with van der Waals surface area (Å²) in [5.74, 6) is 1.89. The van der Waals surface area contributed by atoms with Crippen molar-refractivity contribution >= 4 is 55.1 Å². The van der Waals surface area contributed by atoms with Gasteiger partial charge in [-0.2, -0.15) is 10.5 Å². The highest BCUT2D eigenvalue weighted by Crippen LogP contribution is 2.38. The van der Waals surface area contributed by atoms with Gasteiger partial charge in [0.15, 0.2) is 0 Å². The van der Waals surface area contributed by atoms with Gasteiger partial charge in [-0.05, 0) is 102 Å². The van der Waals surface area contributed by atoms with Crippen LogP contribution in [0.15, 0.2) is 191 Å². The summed E-state index contributed by atoms with van der Waals surface area (Å²) in [6.45, 7) is 5.44. The Morgan fingerprint density at radius 3 is 1.40 bits per heavy atom. The number of aliphatic hydroxyl groups is 3. The van der Waals surface area contributed by atoms with Crippen molar-refractivity contribution in [1.29, 1.82) is 10.5 Å². The molecule has 0 amide bonds. The van der Waals surface area contributed by atoms with E-state index in [9.17, 15) is 20.7 Å². The number of ether oxygens (including phenoxy) is 4. The summed E-state index contributed by atoms with van der Waals surface area (Å²) in [5, 5.41) is 53.9. The van der Waals surface area contributed by atoms with Gasteiger partial charge in [0.25, 0.3) is 0 Å². The first kappa shape index (κ1) is 57.6. The second-order valence-electron chi connectivity index (χ2n) is 17.4. The van der Waals surface area contributed by atoms with E-state index in [1.807, 2.05) is 91.0 Å². The van der Waals surface area contributed by atoms with E-state index < -0.39 is 6.04 Å². The largest absolute Gasteiger partial charge is 0.511 e. The summed E-state index contributed by atoms with van der Waals surface area (Å²) >= 11 is 20.7. The molecule has 0 heterocycles. The molecule has 0 unspecified atom stereocenters. The SMILES string of the molecule is C=C(O)[C@H](CO)NCc1cc(Cl)c(OCc2cccc(-c3ccccc3)c2Br)cc1OCc1cccc(C#N)c1.N#Cc1cccc(COc2cc(OCc3cccc(-c4ccccc4)c3Br)c(Cl)cc2CNCCO)c1. The molecule has 0 spiro atoms. The van der Waals surface area contributed by atoms with E-state index in [0.717, 1.165) is 59.0 Å². The predicted molar refractivity (Wildman–Crippen MR) is 310 cm³/mol. The van der Waals surface area contributed by atoms with Crippen LogP contribution in [0, 0.1) is 22.7 Å². The molecule has 11 nitrogen and oxygen atoms in total. The topological polar surface area (TPSA) is 169 Å². The van der Waals surface area contributed by atoms with Gasteiger partial charge in [-0.3, -0.25) is 0 Å². The van der Waals surface area contributed by atoms with Crippen LogP contribution in [0.2, 0.25) is 10.0 Å². The third-order valence-corrected chi connectivity index (χ3v) is 14.4. The third-order valence-electron chi connectivity index (χ3n) is 12.0. The van der Waals surface area contributed by atoms with Crippen LogP contribution in [0.25, 0.3) is 22.3 Å². The molecule has 0 aliphatic rings. The van der Waals surface area contributed by atoms with Crippen LogP contribution in [0.4, 0.5) is 0 Å². The maximum Gasteiger partial charge on any atom is 0.142 e. The lowest BCUT2D eigenvalue weighted by atomic mass is 10.0. The lowest BCUT2D eigenvalue weighted by Gasteiger charge is -2.19. The number of aliphatic hydroxyl groups excluding tert-OH is 3. The van der Waals surface area contributed by atoms with Crippen LogP contribution in [-0.2, 0) is 39.5 Å². The summed E-state index contributed by atoms with van der Waals surface area (Å²) < 4.78 is 26.5. The third kappa shape index (κ3) is 16.4. The molecule has 5 N–H and O–H groups in total. The van der Waals surface area contributed by atoms with Gasteiger partial charge in [-0.15, -0.1) is 0 Å². The zero-order valence-electron chi connectivity index (χ0n) is 41.7. The molecule has 0 aromatic heterocycles. The number of rotatable bonds is 23. The fourth-order valence-electron chi connectivity index (χ4n) is 7.90. The van der Waals surface area contributed by atoms with Crippen LogP contribution in [0.5, 0.6) is 23.0 Å². The van der Waals surface area contributed by atoms with Gasteiger partial charge < -0.3 is 44.9 Å². The second kappa shape index (κ2) is 29.4. The van der Waals surface area contributed by atoms with Gasteiger partial charge in [0.2, 0.25) is 0 Å². The van der Waals surface area contributed by atoms with Crippen molar-refractivity contribution in [3.8, 4) is 57.4 Å². The highest BCUT2D eigenvalue weighted by Gasteiger charge is 2.18. The summed E-state index contributed by atoms with van der Waals surface area (Å²) in [6.07, 6.45) is 0. The zero-order chi connectivity index (χ0) is 54.5. The van der Waals surface area contributed by atoms with Crippen LogP contribution in [0.1, 0.15) is 44.5 Å². The average molecular weight is 1200 g/mol. The van der Waals surface area contributed by atoms with Gasteiger partial charge in [0, 0.05) is 63.0 Å². The lowest BCUT2D eigenvalue weighted by molar-refractivity contribution is 0.220. The smallest absolute Gasteiger partial charge is 0.142 e. The van der Waals surface area contributed by atoms with Crippen LogP contribution in [0.3, 0.4) is 0 Å². The molecule has 0 fully saturated rings. The molecule has 0 bridgehead atoms. The van der Waals surface area contributed by atoms with E-state index in [2.05, 4.69) is 91.5 Å². The number of halogens is 4. The van der Waals surface area contributed by atoms with Gasteiger partial charge in [-0.1, -0.05) is 151 Å². The maximum absolute atomic E-state index is 9.73. The molecule has 0 saturated heterocycles. The van der Waals surface area contributed by atoms with Crippen molar-refractivity contribution in [3.05, 3.63) is 246 Å².